The fraction of sp³-hybridized carbons (Fsp3) is 0.125. The van der Waals surface area contributed by atoms with Crippen molar-refractivity contribution in [3.05, 3.63) is 58.1 Å². The number of carbonyl (C=O) groups is 2. The molecule has 0 heterocycles. The lowest BCUT2D eigenvalue weighted by Gasteiger charge is -2.12. The predicted octanol–water partition coefficient (Wildman–Crippen LogP) is 3.96. The van der Waals surface area contributed by atoms with Gasteiger partial charge in [0, 0.05) is 5.56 Å². The molecule has 0 fully saturated rings. The first-order chi connectivity index (χ1) is 11.9. The smallest absolute Gasteiger partial charge is 0.387 e. The summed E-state index contributed by atoms with van der Waals surface area (Å²) in [7, 11) is 0. The molecule has 25 heavy (non-hydrogen) atoms. The Morgan fingerprint density at radius 1 is 1.08 bits per heavy atom. The van der Waals surface area contributed by atoms with Gasteiger partial charge in [0.15, 0.2) is 0 Å². The Morgan fingerprint density at radius 3 is 2.48 bits per heavy atom. The monoisotopic (exact) mass is 388 g/mol. The van der Waals surface area contributed by atoms with E-state index >= 15 is 0 Å². The maximum atomic E-state index is 12.3. The van der Waals surface area contributed by atoms with E-state index in [0.29, 0.717) is 5.02 Å². The van der Waals surface area contributed by atoms with Crippen LogP contribution in [0.3, 0.4) is 0 Å². The molecule has 0 atom stereocenters. The van der Waals surface area contributed by atoms with Gasteiger partial charge in [-0.2, -0.15) is 8.78 Å². The molecule has 0 bridgehead atoms. The Balaban J connectivity index is 1.94. The highest BCUT2D eigenvalue weighted by Gasteiger charge is 2.13. The van der Waals surface area contributed by atoms with Gasteiger partial charge in [0.2, 0.25) is 5.91 Å². The Labute approximate surface area is 151 Å². The molecule has 2 aromatic carbocycles. The SMILES string of the molecule is O=C(CNC(=O)c1ccc(Cl)c(Cl)c1)Nc1ccccc1OC(F)F. The number of halogens is 4. The number of anilines is 1. The predicted molar refractivity (Wildman–Crippen MR) is 90.5 cm³/mol. The van der Waals surface area contributed by atoms with Crippen LogP contribution in [0.25, 0.3) is 0 Å². The van der Waals surface area contributed by atoms with Gasteiger partial charge in [0.05, 0.1) is 22.3 Å². The molecule has 0 aliphatic carbocycles. The zero-order valence-electron chi connectivity index (χ0n) is 12.6. The van der Waals surface area contributed by atoms with E-state index < -0.39 is 18.4 Å². The van der Waals surface area contributed by atoms with Crippen LogP contribution in [-0.4, -0.2) is 25.0 Å². The average Bonchev–Trinajstić information content (AvgIpc) is 2.56. The van der Waals surface area contributed by atoms with Crippen LogP contribution in [0.15, 0.2) is 42.5 Å². The van der Waals surface area contributed by atoms with Gasteiger partial charge in [0.25, 0.3) is 5.91 Å². The van der Waals surface area contributed by atoms with E-state index in [4.69, 9.17) is 23.2 Å². The van der Waals surface area contributed by atoms with E-state index in [0.717, 1.165) is 0 Å². The summed E-state index contributed by atoms with van der Waals surface area (Å²) in [5, 5.41) is 5.27. The van der Waals surface area contributed by atoms with E-state index in [-0.39, 0.29) is 28.6 Å². The maximum Gasteiger partial charge on any atom is 0.387 e. The Kier molecular flexibility index (Phi) is 6.55. The minimum atomic E-state index is -3.02. The summed E-state index contributed by atoms with van der Waals surface area (Å²) in [4.78, 5) is 23.9. The van der Waals surface area contributed by atoms with Gasteiger partial charge in [0.1, 0.15) is 5.75 Å². The van der Waals surface area contributed by atoms with Gasteiger partial charge >= 0.3 is 6.61 Å². The van der Waals surface area contributed by atoms with Gasteiger partial charge in [-0.05, 0) is 30.3 Å². The third-order valence-corrected chi connectivity index (χ3v) is 3.71. The van der Waals surface area contributed by atoms with Gasteiger partial charge < -0.3 is 15.4 Å². The Morgan fingerprint density at radius 2 is 1.80 bits per heavy atom. The topological polar surface area (TPSA) is 67.4 Å². The molecule has 2 amide bonds. The first-order valence-corrected chi connectivity index (χ1v) is 7.69. The van der Waals surface area contributed by atoms with Crippen LogP contribution in [0.1, 0.15) is 10.4 Å². The summed E-state index contributed by atoms with van der Waals surface area (Å²) in [6.45, 7) is -3.39. The van der Waals surface area contributed by atoms with E-state index in [1.54, 1.807) is 6.07 Å². The van der Waals surface area contributed by atoms with Crippen molar-refractivity contribution < 1.29 is 23.1 Å². The highest BCUT2D eigenvalue weighted by atomic mass is 35.5. The second-order valence-corrected chi connectivity index (χ2v) is 5.55. The average molecular weight is 389 g/mol. The molecule has 0 aliphatic heterocycles. The van der Waals surface area contributed by atoms with E-state index in [9.17, 15) is 18.4 Å². The highest BCUT2D eigenvalue weighted by molar-refractivity contribution is 6.42. The molecule has 0 radical (unpaired) electrons. The lowest BCUT2D eigenvalue weighted by atomic mass is 10.2. The van der Waals surface area contributed by atoms with Gasteiger partial charge in [-0.3, -0.25) is 9.59 Å². The normalized spacial score (nSPS) is 10.4. The Hall–Kier alpha value is -2.38. The van der Waals surface area contributed by atoms with Gasteiger partial charge in [-0.25, -0.2) is 0 Å². The first kappa shape index (κ1) is 19.0. The molecule has 0 saturated carbocycles. The van der Waals surface area contributed by atoms with Crippen molar-refractivity contribution in [2.24, 2.45) is 0 Å². The number of amides is 2. The number of rotatable bonds is 6. The second-order valence-electron chi connectivity index (χ2n) is 4.73. The number of benzene rings is 2. The Bertz CT molecular complexity index is 788. The molecule has 0 unspecified atom stereocenters. The van der Waals surface area contributed by atoms with Crippen LogP contribution in [-0.2, 0) is 4.79 Å². The molecule has 5 nitrogen and oxygen atoms in total. The van der Waals surface area contributed by atoms with Crippen molar-refractivity contribution in [3.63, 3.8) is 0 Å². The number of ether oxygens (including phenoxy) is 1. The summed E-state index contributed by atoms with van der Waals surface area (Å²) in [6.07, 6.45) is 0. The number of hydrogen-bond donors (Lipinski definition) is 2. The van der Waals surface area contributed by atoms with Crippen LogP contribution in [0.4, 0.5) is 14.5 Å². The summed E-state index contributed by atoms with van der Waals surface area (Å²) >= 11 is 11.6. The molecule has 2 N–H and O–H groups in total. The van der Waals surface area contributed by atoms with Crippen LogP contribution in [0.2, 0.25) is 10.0 Å². The zero-order chi connectivity index (χ0) is 18.4. The zero-order valence-corrected chi connectivity index (χ0v) is 14.1. The highest BCUT2D eigenvalue weighted by Crippen LogP contribution is 2.25. The van der Waals surface area contributed by atoms with Crippen molar-refractivity contribution in [2.45, 2.75) is 6.61 Å². The van der Waals surface area contributed by atoms with Crippen molar-refractivity contribution in [1.82, 2.24) is 5.32 Å². The largest absolute Gasteiger partial charge is 0.433 e. The molecule has 0 saturated heterocycles. The molecule has 0 spiro atoms. The molecule has 0 aromatic heterocycles. The number of carbonyl (C=O) groups excluding carboxylic acids is 2. The molecule has 132 valence electrons. The standard InChI is InChI=1S/C16H12Cl2F2N2O3/c17-10-6-5-9(7-11(10)18)15(24)21-8-14(23)22-12-3-1-2-4-13(12)25-16(19)20/h1-7,16H,8H2,(H,21,24)(H,22,23). The summed E-state index contributed by atoms with van der Waals surface area (Å²) in [6, 6.07) is 9.99. The van der Waals surface area contributed by atoms with Gasteiger partial charge in [-0.15, -0.1) is 0 Å². The van der Waals surface area contributed by atoms with Crippen molar-refractivity contribution in [1.29, 1.82) is 0 Å². The van der Waals surface area contributed by atoms with Crippen molar-refractivity contribution in [3.8, 4) is 5.75 Å². The van der Waals surface area contributed by atoms with Crippen molar-refractivity contribution >= 4 is 40.7 Å². The molecule has 2 aromatic rings. The van der Waals surface area contributed by atoms with Crippen molar-refractivity contribution in [2.75, 3.05) is 11.9 Å². The maximum absolute atomic E-state index is 12.3. The first-order valence-electron chi connectivity index (χ1n) is 6.93. The molecule has 2 rings (SSSR count). The number of nitrogens with one attached hydrogen (secondary N) is 2. The lowest BCUT2D eigenvalue weighted by molar-refractivity contribution is -0.115. The van der Waals surface area contributed by atoms with E-state index in [1.807, 2.05) is 0 Å². The second kappa shape index (κ2) is 8.64. The van der Waals surface area contributed by atoms with Crippen LogP contribution < -0.4 is 15.4 Å². The lowest BCUT2D eigenvalue weighted by Crippen LogP contribution is -2.33. The van der Waals surface area contributed by atoms with Gasteiger partial charge in [-0.1, -0.05) is 35.3 Å². The summed E-state index contributed by atoms with van der Waals surface area (Å²) < 4.78 is 29.0. The summed E-state index contributed by atoms with van der Waals surface area (Å²) in [5.41, 5.74) is 0.292. The van der Waals surface area contributed by atoms with E-state index in [2.05, 4.69) is 15.4 Å². The fourth-order valence-corrected chi connectivity index (χ4v) is 2.16. The minimum absolute atomic E-state index is 0.0663. The fourth-order valence-electron chi connectivity index (χ4n) is 1.86. The molecule has 0 aliphatic rings. The molecule has 9 heteroatoms. The van der Waals surface area contributed by atoms with E-state index in [1.165, 1.54) is 36.4 Å². The van der Waals surface area contributed by atoms with Crippen LogP contribution >= 0.6 is 23.2 Å². The number of hydrogen-bond acceptors (Lipinski definition) is 3. The quantitative estimate of drug-likeness (QED) is 0.786. The number of alkyl halides is 2. The summed E-state index contributed by atoms with van der Waals surface area (Å²) in [5.74, 6) is -1.33. The molecular formula is C16H12Cl2F2N2O3. The minimum Gasteiger partial charge on any atom is -0.433 e. The van der Waals surface area contributed by atoms with Crippen LogP contribution in [0, 0.1) is 0 Å². The van der Waals surface area contributed by atoms with Crippen LogP contribution in [0.5, 0.6) is 5.75 Å². The molecular weight excluding hydrogens is 377 g/mol. The number of para-hydroxylation sites is 2. The third kappa shape index (κ3) is 5.58. The third-order valence-electron chi connectivity index (χ3n) is 2.97.